The third-order valence-electron chi connectivity index (χ3n) is 5.08. The van der Waals surface area contributed by atoms with Gasteiger partial charge < -0.3 is 19.7 Å². The molecule has 2 amide bonds. The Hall–Kier alpha value is -2.77. The van der Waals surface area contributed by atoms with E-state index in [9.17, 15) is 14.0 Å². The molecule has 28 heavy (non-hydrogen) atoms. The first-order chi connectivity index (χ1) is 13.5. The molecule has 2 aliphatic rings. The fourth-order valence-electron chi connectivity index (χ4n) is 3.58. The first-order valence-corrected chi connectivity index (χ1v) is 9.29. The maximum atomic E-state index is 13.3. The SMILES string of the molecule is O=C(Nc1cccc(F)c1)c1cccc(C(=O)N2CCC3(CC2)OCCO3)c1. The van der Waals surface area contributed by atoms with E-state index in [0.29, 0.717) is 56.0 Å². The molecule has 0 radical (unpaired) electrons. The van der Waals surface area contributed by atoms with Crippen molar-refractivity contribution in [3.05, 3.63) is 65.5 Å². The van der Waals surface area contributed by atoms with Crippen LogP contribution < -0.4 is 5.32 Å². The zero-order valence-electron chi connectivity index (χ0n) is 15.3. The molecular formula is C21H21FN2O4. The van der Waals surface area contributed by atoms with Gasteiger partial charge in [0.15, 0.2) is 5.79 Å². The van der Waals surface area contributed by atoms with Gasteiger partial charge in [-0.1, -0.05) is 12.1 Å². The zero-order chi connectivity index (χ0) is 19.6. The van der Waals surface area contributed by atoms with Gasteiger partial charge in [-0.05, 0) is 36.4 Å². The summed E-state index contributed by atoms with van der Waals surface area (Å²) >= 11 is 0. The summed E-state index contributed by atoms with van der Waals surface area (Å²) in [5, 5.41) is 2.64. The lowest BCUT2D eigenvalue weighted by atomic mass is 10.0. The number of hydrogen-bond acceptors (Lipinski definition) is 4. The van der Waals surface area contributed by atoms with Crippen molar-refractivity contribution in [2.24, 2.45) is 0 Å². The van der Waals surface area contributed by atoms with Crippen LogP contribution in [0.25, 0.3) is 0 Å². The Balaban J connectivity index is 1.43. The fourth-order valence-corrected chi connectivity index (χ4v) is 3.58. The minimum atomic E-state index is -0.538. The highest BCUT2D eigenvalue weighted by atomic mass is 19.1. The predicted octanol–water partition coefficient (Wildman–Crippen LogP) is 3.06. The molecular weight excluding hydrogens is 363 g/mol. The molecule has 2 fully saturated rings. The Bertz CT molecular complexity index is 885. The first-order valence-electron chi connectivity index (χ1n) is 9.29. The number of piperidine rings is 1. The van der Waals surface area contributed by atoms with Crippen LogP contribution in [0.3, 0.4) is 0 Å². The molecule has 6 nitrogen and oxygen atoms in total. The van der Waals surface area contributed by atoms with Gasteiger partial charge in [0.2, 0.25) is 0 Å². The van der Waals surface area contributed by atoms with Crippen LogP contribution >= 0.6 is 0 Å². The van der Waals surface area contributed by atoms with Gasteiger partial charge in [0, 0.05) is 42.7 Å². The molecule has 7 heteroatoms. The molecule has 2 heterocycles. The summed E-state index contributed by atoms with van der Waals surface area (Å²) in [5.41, 5.74) is 1.14. The van der Waals surface area contributed by atoms with Gasteiger partial charge in [0.05, 0.1) is 13.2 Å². The summed E-state index contributed by atoms with van der Waals surface area (Å²) in [6, 6.07) is 12.2. The highest BCUT2D eigenvalue weighted by Crippen LogP contribution is 2.31. The molecule has 0 saturated carbocycles. The molecule has 2 aromatic carbocycles. The number of halogens is 1. The van der Waals surface area contributed by atoms with Crippen LogP contribution in [0.5, 0.6) is 0 Å². The van der Waals surface area contributed by atoms with Crippen molar-refractivity contribution in [2.75, 3.05) is 31.6 Å². The lowest BCUT2D eigenvalue weighted by Crippen LogP contribution is -2.47. The smallest absolute Gasteiger partial charge is 0.255 e. The minimum Gasteiger partial charge on any atom is -0.347 e. The molecule has 0 unspecified atom stereocenters. The third-order valence-corrected chi connectivity index (χ3v) is 5.08. The van der Waals surface area contributed by atoms with Crippen LogP contribution in [0.1, 0.15) is 33.6 Å². The lowest BCUT2D eigenvalue weighted by molar-refractivity contribution is -0.181. The Morgan fingerprint density at radius 2 is 1.64 bits per heavy atom. The molecule has 4 rings (SSSR count). The second-order valence-corrected chi connectivity index (χ2v) is 6.95. The Kier molecular flexibility index (Phi) is 5.11. The van der Waals surface area contributed by atoms with Gasteiger partial charge in [-0.25, -0.2) is 4.39 Å². The van der Waals surface area contributed by atoms with Crippen molar-refractivity contribution in [1.82, 2.24) is 4.90 Å². The van der Waals surface area contributed by atoms with E-state index in [-0.39, 0.29) is 5.91 Å². The van der Waals surface area contributed by atoms with E-state index in [1.54, 1.807) is 35.2 Å². The summed E-state index contributed by atoms with van der Waals surface area (Å²) in [6.45, 7) is 2.27. The molecule has 0 aliphatic carbocycles. The second kappa shape index (κ2) is 7.69. The summed E-state index contributed by atoms with van der Waals surface area (Å²) < 4.78 is 24.7. The third kappa shape index (κ3) is 3.90. The van der Waals surface area contributed by atoms with E-state index >= 15 is 0 Å². The molecule has 2 saturated heterocycles. The Labute approximate surface area is 162 Å². The quantitative estimate of drug-likeness (QED) is 0.883. The standard InChI is InChI=1S/C21H21FN2O4/c22-17-5-2-6-18(14-17)23-19(25)15-3-1-4-16(13-15)20(26)24-9-7-21(8-10-24)27-11-12-28-21/h1-6,13-14H,7-12H2,(H,23,25). The fraction of sp³-hybridized carbons (Fsp3) is 0.333. The average molecular weight is 384 g/mol. The van der Waals surface area contributed by atoms with Crippen molar-refractivity contribution < 1.29 is 23.5 Å². The Morgan fingerprint density at radius 1 is 0.964 bits per heavy atom. The first kappa shape index (κ1) is 18.6. The lowest BCUT2D eigenvalue weighted by Gasteiger charge is -2.37. The van der Waals surface area contributed by atoms with E-state index in [0.717, 1.165) is 0 Å². The van der Waals surface area contributed by atoms with Gasteiger partial charge in [-0.2, -0.15) is 0 Å². The summed E-state index contributed by atoms with van der Waals surface area (Å²) in [6.07, 6.45) is 1.27. The molecule has 2 aliphatic heterocycles. The highest BCUT2D eigenvalue weighted by molar-refractivity contribution is 6.06. The monoisotopic (exact) mass is 384 g/mol. The van der Waals surface area contributed by atoms with Crippen molar-refractivity contribution >= 4 is 17.5 Å². The molecule has 0 bridgehead atoms. The Morgan fingerprint density at radius 3 is 2.36 bits per heavy atom. The van der Waals surface area contributed by atoms with Crippen LogP contribution in [0.15, 0.2) is 48.5 Å². The maximum absolute atomic E-state index is 13.3. The minimum absolute atomic E-state index is 0.131. The van der Waals surface area contributed by atoms with E-state index < -0.39 is 17.5 Å². The van der Waals surface area contributed by atoms with Gasteiger partial charge in [0.1, 0.15) is 5.82 Å². The number of nitrogens with one attached hydrogen (secondary N) is 1. The maximum Gasteiger partial charge on any atom is 0.255 e. The molecule has 1 N–H and O–H groups in total. The van der Waals surface area contributed by atoms with Crippen LogP contribution in [0.2, 0.25) is 0 Å². The molecule has 0 atom stereocenters. The van der Waals surface area contributed by atoms with Crippen molar-refractivity contribution in [2.45, 2.75) is 18.6 Å². The zero-order valence-corrected chi connectivity index (χ0v) is 15.3. The molecule has 146 valence electrons. The number of hydrogen-bond donors (Lipinski definition) is 1. The van der Waals surface area contributed by atoms with Gasteiger partial charge >= 0.3 is 0 Å². The van der Waals surface area contributed by atoms with Crippen molar-refractivity contribution in [1.29, 1.82) is 0 Å². The molecule has 2 aromatic rings. The van der Waals surface area contributed by atoms with Gasteiger partial charge in [-0.3, -0.25) is 9.59 Å². The summed E-state index contributed by atoms with van der Waals surface area (Å²) in [7, 11) is 0. The van der Waals surface area contributed by atoms with Crippen LogP contribution in [0, 0.1) is 5.82 Å². The van der Waals surface area contributed by atoms with Crippen LogP contribution in [-0.4, -0.2) is 48.8 Å². The number of rotatable bonds is 3. The van der Waals surface area contributed by atoms with Crippen molar-refractivity contribution in [3.8, 4) is 0 Å². The number of benzene rings is 2. The predicted molar refractivity (Wildman–Crippen MR) is 101 cm³/mol. The number of carbonyl (C=O) groups excluding carboxylic acids is 2. The van der Waals surface area contributed by atoms with Gasteiger partial charge in [0.25, 0.3) is 11.8 Å². The normalized spacial score (nSPS) is 18.2. The van der Waals surface area contributed by atoms with E-state index in [1.807, 2.05) is 0 Å². The molecule has 1 spiro atoms. The number of ether oxygens (including phenoxy) is 2. The number of amides is 2. The molecule has 0 aromatic heterocycles. The second-order valence-electron chi connectivity index (χ2n) is 6.95. The summed E-state index contributed by atoms with van der Waals surface area (Å²) in [4.78, 5) is 27.0. The van der Waals surface area contributed by atoms with E-state index in [2.05, 4.69) is 5.32 Å². The van der Waals surface area contributed by atoms with E-state index in [1.165, 1.54) is 18.2 Å². The van der Waals surface area contributed by atoms with Crippen LogP contribution in [-0.2, 0) is 9.47 Å². The number of nitrogens with zero attached hydrogens (tertiary/aromatic N) is 1. The number of anilines is 1. The van der Waals surface area contributed by atoms with Crippen LogP contribution in [0.4, 0.5) is 10.1 Å². The highest BCUT2D eigenvalue weighted by Gasteiger charge is 2.40. The van der Waals surface area contributed by atoms with E-state index in [4.69, 9.17) is 9.47 Å². The average Bonchev–Trinajstić information content (AvgIpc) is 3.16. The largest absolute Gasteiger partial charge is 0.347 e. The van der Waals surface area contributed by atoms with Crippen molar-refractivity contribution in [3.63, 3.8) is 0 Å². The summed E-state index contributed by atoms with van der Waals surface area (Å²) in [5.74, 6) is -1.50. The number of likely N-dealkylation sites (tertiary alicyclic amines) is 1. The van der Waals surface area contributed by atoms with Gasteiger partial charge in [-0.15, -0.1) is 0 Å². The topological polar surface area (TPSA) is 67.9 Å². The number of carbonyl (C=O) groups is 2.